The molecule has 0 unspecified atom stereocenters. The van der Waals surface area contributed by atoms with Gasteiger partial charge in [-0.3, -0.25) is 0 Å². The van der Waals surface area contributed by atoms with Crippen molar-refractivity contribution < 1.29 is 17.9 Å². The molecule has 3 heterocycles. The zero-order valence-corrected chi connectivity index (χ0v) is 24.2. The van der Waals surface area contributed by atoms with Crippen molar-refractivity contribution >= 4 is 44.7 Å². The predicted octanol–water partition coefficient (Wildman–Crippen LogP) is 4.20. The molecule has 3 aromatic rings. The van der Waals surface area contributed by atoms with Crippen molar-refractivity contribution in [3.05, 3.63) is 48.0 Å². The lowest BCUT2D eigenvalue weighted by Gasteiger charge is -2.29. The molecule has 1 fully saturated rings. The van der Waals surface area contributed by atoms with Crippen LogP contribution in [0.15, 0.2) is 47.4 Å². The number of nitrogens with zero attached hydrogens (tertiary/aromatic N) is 3. The van der Waals surface area contributed by atoms with Gasteiger partial charge < -0.3 is 30.3 Å². The van der Waals surface area contributed by atoms with E-state index in [1.165, 1.54) is 0 Å². The van der Waals surface area contributed by atoms with Gasteiger partial charge in [-0.05, 0) is 30.7 Å². The molecule has 5 rings (SSSR count). The number of para-hydroxylation sites is 1. The Balaban J connectivity index is 1.50. The molecule has 1 saturated heterocycles. The lowest BCUT2D eigenvalue weighted by molar-refractivity contribution is 0.122. The minimum Gasteiger partial charge on any atom is -0.494 e. The van der Waals surface area contributed by atoms with Gasteiger partial charge in [0.25, 0.3) is 0 Å². The number of hydrogen-bond donors (Lipinski definition) is 4. The molecule has 2 aromatic carbocycles. The Labute approximate surface area is 235 Å². The van der Waals surface area contributed by atoms with Crippen LogP contribution in [0.4, 0.5) is 34.6 Å². The van der Waals surface area contributed by atoms with Gasteiger partial charge in [0.15, 0.2) is 0 Å². The third-order valence-corrected chi connectivity index (χ3v) is 8.58. The van der Waals surface area contributed by atoms with Crippen molar-refractivity contribution in [3.8, 4) is 5.75 Å². The first-order chi connectivity index (χ1) is 19.2. The molecule has 0 bridgehead atoms. The minimum atomic E-state index is -3.71. The summed E-state index contributed by atoms with van der Waals surface area (Å²) in [5.74, 6) is 2.24. The first kappa shape index (κ1) is 27.9. The van der Waals surface area contributed by atoms with Gasteiger partial charge in [-0.1, -0.05) is 32.9 Å². The van der Waals surface area contributed by atoms with Crippen LogP contribution in [0.3, 0.4) is 0 Å². The molecule has 11 nitrogen and oxygen atoms in total. The highest BCUT2D eigenvalue weighted by Crippen LogP contribution is 2.42. The normalized spacial score (nSPS) is 16.2. The molecule has 0 atom stereocenters. The van der Waals surface area contributed by atoms with Gasteiger partial charge in [-0.2, -0.15) is 9.97 Å². The Kier molecular flexibility index (Phi) is 8.02. The van der Waals surface area contributed by atoms with E-state index in [9.17, 15) is 8.42 Å². The summed E-state index contributed by atoms with van der Waals surface area (Å²) in [5, 5.41) is 10.0. The molecule has 0 spiro atoms. The fourth-order valence-corrected chi connectivity index (χ4v) is 6.23. The summed E-state index contributed by atoms with van der Waals surface area (Å²) in [6, 6.07) is 12.8. The number of fused-ring (bicyclic) bond motifs is 1. The van der Waals surface area contributed by atoms with E-state index in [2.05, 4.69) is 39.4 Å². The Bertz CT molecular complexity index is 1470. The summed E-state index contributed by atoms with van der Waals surface area (Å²) >= 11 is 0. The number of methoxy groups -OCH3 is 1. The van der Waals surface area contributed by atoms with E-state index in [4.69, 9.17) is 19.4 Å². The van der Waals surface area contributed by atoms with E-state index in [1.807, 2.05) is 25.1 Å². The first-order valence-corrected chi connectivity index (χ1v) is 15.0. The van der Waals surface area contributed by atoms with E-state index in [0.29, 0.717) is 61.7 Å². The molecular weight excluding hydrogens is 530 g/mol. The maximum atomic E-state index is 13.1. The highest BCUT2D eigenvalue weighted by molar-refractivity contribution is 7.89. The highest BCUT2D eigenvalue weighted by atomic mass is 32.2. The molecule has 2 aliphatic rings. The third kappa shape index (κ3) is 5.79. The van der Waals surface area contributed by atoms with Gasteiger partial charge in [-0.15, -0.1) is 0 Å². The molecule has 12 heteroatoms. The summed E-state index contributed by atoms with van der Waals surface area (Å²) in [7, 11) is -2.08. The Morgan fingerprint density at radius 2 is 1.85 bits per heavy atom. The van der Waals surface area contributed by atoms with Gasteiger partial charge in [0.2, 0.25) is 16.0 Å². The van der Waals surface area contributed by atoms with E-state index in [1.54, 1.807) is 31.4 Å². The van der Waals surface area contributed by atoms with Crippen LogP contribution in [0.25, 0.3) is 0 Å². The lowest BCUT2D eigenvalue weighted by Crippen LogP contribution is -2.36. The summed E-state index contributed by atoms with van der Waals surface area (Å²) in [5.41, 5.74) is 2.83. The van der Waals surface area contributed by atoms with Crippen LogP contribution < -0.4 is 30.3 Å². The van der Waals surface area contributed by atoms with Crippen LogP contribution in [0.1, 0.15) is 32.8 Å². The first-order valence-electron chi connectivity index (χ1n) is 13.5. The number of ether oxygens (including phenoxy) is 2. The number of nitrogens with one attached hydrogen (secondary N) is 4. The maximum Gasteiger partial charge on any atom is 0.242 e. The monoisotopic (exact) mass is 567 g/mol. The van der Waals surface area contributed by atoms with Crippen LogP contribution >= 0.6 is 0 Å². The van der Waals surface area contributed by atoms with Crippen LogP contribution in [0.2, 0.25) is 0 Å². The number of rotatable bonds is 10. The highest BCUT2D eigenvalue weighted by Gasteiger charge is 2.36. The van der Waals surface area contributed by atoms with Crippen LogP contribution in [-0.2, 0) is 20.2 Å². The topological polar surface area (TPSA) is 130 Å². The number of aromatic nitrogens is 2. The SMILES string of the molecule is CCCNS(=O)(=O)c1ccccc1Nc1nc(Nc2ccc(N3CCOCC3)cc2OC)nc2c1C(C)(C)CN2. The summed E-state index contributed by atoms with van der Waals surface area (Å²) < 4.78 is 39.9. The van der Waals surface area contributed by atoms with Crippen LogP contribution in [0, 0.1) is 0 Å². The molecule has 214 valence electrons. The molecule has 1 aromatic heterocycles. The molecule has 4 N–H and O–H groups in total. The number of benzene rings is 2. The van der Waals surface area contributed by atoms with Gasteiger partial charge in [-0.25, -0.2) is 13.1 Å². The number of anilines is 6. The van der Waals surface area contributed by atoms with Gasteiger partial charge in [0, 0.05) is 48.9 Å². The number of sulfonamides is 1. The smallest absolute Gasteiger partial charge is 0.242 e. The fraction of sp³-hybridized carbons (Fsp3) is 0.429. The molecule has 0 amide bonds. The van der Waals surface area contributed by atoms with Crippen LogP contribution in [0.5, 0.6) is 5.75 Å². The second-order valence-corrected chi connectivity index (χ2v) is 12.2. The average molecular weight is 568 g/mol. The minimum absolute atomic E-state index is 0.162. The Morgan fingerprint density at radius 1 is 1.07 bits per heavy atom. The van der Waals surface area contributed by atoms with Gasteiger partial charge >= 0.3 is 0 Å². The average Bonchev–Trinajstić information content (AvgIpc) is 3.27. The lowest BCUT2D eigenvalue weighted by atomic mass is 9.88. The van der Waals surface area contributed by atoms with Gasteiger partial charge in [0.1, 0.15) is 22.3 Å². The second-order valence-electron chi connectivity index (χ2n) is 10.5. The summed E-state index contributed by atoms with van der Waals surface area (Å²) in [4.78, 5) is 12.0. The summed E-state index contributed by atoms with van der Waals surface area (Å²) in [6.45, 7) is 10.2. The van der Waals surface area contributed by atoms with Crippen molar-refractivity contribution in [2.75, 3.05) is 67.4 Å². The van der Waals surface area contributed by atoms with Crippen molar-refractivity contribution in [3.63, 3.8) is 0 Å². The molecule has 0 saturated carbocycles. The standard InChI is InChI=1S/C28H37N7O4S/c1-5-12-30-40(36,37)23-9-7-6-8-21(23)31-26-24-25(29-18-28(24,2)3)33-27(34-26)32-20-11-10-19(17-22(20)38-4)35-13-15-39-16-14-35/h6-11,17,30H,5,12-16,18H2,1-4H3,(H3,29,31,32,33,34). The second kappa shape index (κ2) is 11.5. The third-order valence-electron chi connectivity index (χ3n) is 7.06. The van der Waals surface area contributed by atoms with Crippen molar-refractivity contribution in [1.29, 1.82) is 0 Å². The van der Waals surface area contributed by atoms with E-state index in [0.717, 1.165) is 30.0 Å². The van der Waals surface area contributed by atoms with Crippen molar-refractivity contribution in [2.45, 2.75) is 37.5 Å². The van der Waals surface area contributed by atoms with Gasteiger partial charge in [0.05, 0.1) is 31.7 Å². The maximum absolute atomic E-state index is 13.1. The summed E-state index contributed by atoms with van der Waals surface area (Å²) in [6.07, 6.45) is 0.694. The Hall–Kier alpha value is -3.61. The van der Waals surface area contributed by atoms with Crippen LogP contribution in [-0.4, -0.2) is 64.9 Å². The zero-order valence-electron chi connectivity index (χ0n) is 23.4. The van der Waals surface area contributed by atoms with Crippen molar-refractivity contribution in [2.24, 2.45) is 0 Å². The molecular formula is C28H37N7O4S. The quantitative estimate of drug-likeness (QED) is 0.283. The number of morpholine rings is 1. The van der Waals surface area contributed by atoms with E-state index in [-0.39, 0.29) is 10.3 Å². The van der Waals surface area contributed by atoms with E-state index >= 15 is 0 Å². The Morgan fingerprint density at radius 3 is 2.60 bits per heavy atom. The fourth-order valence-electron chi connectivity index (χ4n) is 4.94. The molecule has 2 aliphatic heterocycles. The van der Waals surface area contributed by atoms with Crippen molar-refractivity contribution in [1.82, 2.24) is 14.7 Å². The molecule has 0 aliphatic carbocycles. The predicted molar refractivity (Wildman–Crippen MR) is 158 cm³/mol. The molecule has 0 radical (unpaired) electrons. The zero-order chi connectivity index (χ0) is 28.3. The largest absolute Gasteiger partial charge is 0.494 e. The number of hydrogen-bond acceptors (Lipinski definition) is 10. The van der Waals surface area contributed by atoms with E-state index < -0.39 is 10.0 Å². The molecule has 40 heavy (non-hydrogen) atoms.